The first-order valence-electron chi connectivity index (χ1n) is 7.01. The molecule has 0 N–H and O–H groups in total. The summed E-state index contributed by atoms with van der Waals surface area (Å²) in [5, 5.41) is 0.682. The van der Waals surface area contributed by atoms with Crippen LogP contribution in [-0.4, -0.2) is 47.9 Å². The molecule has 4 heteroatoms. The van der Waals surface area contributed by atoms with Gasteiger partial charge in [-0.15, -0.1) is 0 Å². The van der Waals surface area contributed by atoms with Crippen molar-refractivity contribution in [3.05, 3.63) is 34.9 Å². The van der Waals surface area contributed by atoms with E-state index in [9.17, 15) is 4.79 Å². The topological polar surface area (TPSA) is 23.6 Å². The number of nitrogens with zero attached hydrogens (tertiary/aromatic N) is 2. The highest BCUT2D eigenvalue weighted by molar-refractivity contribution is 6.30. The maximum absolute atomic E-state index is 12.6. The van der Waals surface area contributed by atoms with Crippen LogP contribution in [0, 0.1) is 11.8 Å². The van der Waals surface area contributed by atoms with E-state index in [4.69, 9.17) is 11.6 Å². The van der Waals surface area contributed by atoms with Gasteiger partial charge in [0.2, 0.25) is 0 Å². The fraction of sp³-hybridized carbons (Fsp3) is 0.533. The second-order valence-corrected chi connectivity index (χ2v) is 6.44. The number of likely N-dealkylation sites (tertiary alicyclic amines) is 1. The van der Waals surface area contributed by atoms with Gasteiger partial charge in [-0.3, -0.25) is 4.79 Å². The summed E-state index contributed by atoms with van der Waals surface area (Å²) in [4.78, 5) is 17.3. The van der Waals surface area contributed by atoms with Gasteiger partial charge < -0.3 is 9.80 Å². The Morgan fingerprint density at radius 1 is 1.16 bits per heavy atom. The van der Waals surface area contributed by atoms with Crippen molar-refractivity contribution in [2.24, 2.45) is 11.8 Å². The Labute approximate surface area is 118 Å². The Bertz CT molecular complexity index is 515. The molecular formula is C15H17ClN2O. The highest BCUT2D eigenvalue weighted by Gasteiger charge is 2.50. The molecule has 1 amide bonds. The first-order chi connectivity index (χ1) is 9.22. The van der Waals surface area contributed by atoms with E-state index in [1.165, 1.54) is 19.5 Å². The van der Waals surface area contributed by atoms with Crippen LogP contribution in [0.5, 0.6) is 0 Å². The van der Waals surface area contributed by atoms with E-state index in [0.29, 0.717) is 17.0 Å². The van der Waals surface area contributed by atoms with E-state index in [1.54, 1.807) is 12.1 Å². The van der Waals surface area contributed by atoms with Gasteiger partial charge in [0.25, 0.3) is 5.91 Å². The summed E-state index contributed by atoms with van der Waals surface area (Å²) in [7, 11) is 0. The van der Waals surface area contributed by atoms with Crippen LogP contribution in [0.1, 0.15) is 16.8 Å². The minimum Gasteiger partial charge on any atom is -0.334 e. The van der Waals surface area contributed by atoms with Gasteiger partial charge in [0, 0.05) is 36.3 Å². The zero-order chi connectivity index (χ0) is 13.0. The predicted octanol–water partition coefficient (Wildman–Crippen LogP) is 2.12. The van der Waals surface area contributed by atoms with Crippen LogP contribution >= 0.6 is 11.6 Å². The molecule has 4 heterocycles. The SMILES string of the molecule is O=C(c1ccc(Cl)cc1)N1C[C@H]2C[N@]3CC[C@H]2[C@H]1C3. The number of halogens is 1. The number of hydrogen-bond acceptors (Lipinski definition) is 2. The number of carbonyl (C=O) groups excluding carboxylic acids is 1. The molecule has 4 fully saturated rings. The third kappa shape index (κ3) is 1.79. The summed E-state index contributed by atoms with van der Waals surface area (Å²) < 4.78 is 0. The summed E-state index contributed by atoms with van der Waals surface area (Å²) in [5.41, 5.74) is 0.767. The summed E-state index contributed by atoms with van der Waals surface area (Å²) in [6.07, 6.45) is 1.26. The Morgan fingerprint density at radius 2 is 1.95 bits per heavy atom. The molecule has 100 valence electrons. The van der Waals surface area contributed by atoms with Gasteiger partial charge in [0.1, 0.15) is 0 Å². The maximum Gasteiger partial charge on any atom is 0.254 e. The molecule has 0 unspecified atom stereocenters. The summed E-state index contributed by atoms with van der Waals surface area (Å²) in [5.74, 6) is 1.61. The molecule has 1 aromatic carbocycles. The van der Waals surface area contributed by atoms with Gasteiger partial charge in [-0.05, 0) is 49.1 Å². The molecular weight excluding hydrogens is 260 g/mol. The third-order valence-corrected chi connectivity index (χ3v) is 5.25. The van der Waals surface area contributed by atoms with Crippen molar-refractivity contribution in [1.29, 1.82) is 0 Å². The van der Waals surface area contributed by atoms with E-state index in [2.05, 4.69) is 9.80 Å². The normalized spacial score (nSPS) is 35.7. The van der Waals surface area contributed by atoms with Crippen molar-refractivity contribution in [3.63, 3.8) is 0 Å². The van der Waals surface area contributed by atoms with Crippen LogP contribution in [0.15, 0.2) is 24.3 Å². The van der Waals surface area contributed by atoms with Gasteiger partial charge >= 0.3 is 0 Å². The lowest BCUT2D eigenvalue weighted by Crippen LogP contribution is -2.54. The molecule has 4 saturated heterocycles. The molecule has 3 nitrogen and oxygen atoms in total. The fourth-order valence-electron chi connectivity index (χ4n) is 4.10. The number of rotatable bonds is 1. The van der Waals surface area contributed by atoms with Crippen LogP contribution in [0.25, 0.3) is 0 Å². The zero-order valence-corrected chi connectivity index (χ0v) is 11.5. The number of hydrogen-bond donors (Lipinski definition) is 0. The van der Waals surface area contributed by atoms with Crippen molar-refractivity contribution in [3.8, 4) is 0 Å². The van der Waals surface area contributed by atoms with Gasteiger partial charge in [-0.2, -0.15) is 0 Å². The summed E-state index contributed by atoms with van der Waals surface area (Å²) in [6, 6.07) is 7.71. The standard InChI is InChI=1S/C15H17ClN2O/c16-12-3-1-10(2-4-12)15(19)18-8-11-7-17-6-5-13(11)14(18)9-17/h1-4,11,13-14H,5-9H2/t11-,13-,14-/m1/s1. The van der Waals surface area contributed by atoms with Gasteiger partial charge in [0.05, 0.1) is 0 Å². The summed E-state index contributed by atoms with van der Waals surface area (Å²) >= 11 is 5.88. The number of fused-ring (bicyclic) bond motifs is 1. The molecule has 0 saturated carbocycles. The molecule has 0 aromatic heterocycles. The molecule has 0 aliphatic carbocycles. The lowest BCUT2D eigenvalue weighted by Gasteiger charge is -2.44. The van der Waals surface area contributed by atoms with Crippen LogP contribution in [0.4, 0.5) is 0 Å². The molecule has 0 spiro atoms. The highest BCUT2D eigenvalue weighted by Crippen LogP contribution is 2.41. The van der Waals surface area contributed by atoms with Crippen LogP contribution in [-0.2, 0) is 0 Å². The highest BCUT2D eigenvalue weighted by atomic mass is 35.5. The van der Waals surface area contributed by atoms with Gasteiger partial charge in [-0.1, -0.05) is 11.6 Å². The van der Waals surface area contributed by atoms with Crippen molar-refractivity contribution < 1.29 is 4.79 Å². The third-order valence-electron chi connectivity index (χ3n) is 5.00. The Morgan fingerprint density at radius 3 is 2.63 bits per heavy atom. The Balaban J connectivity index is 1.60. The maximum atomic E-state index is 12.6. The number of amides is 1. The van der Waals surface area contributed by atoms with Crippen LogP contribution in [0.3, 0.4) is 0 Å². The van der Waals surface area contributed by atoms with E-state index < -0.39 is 0 Å². The van der Waals surface area contributed by atoms with E-state index in [1.807, 2.05) is 12.1 Å². The van der Waals surface area contributed by atoms with Crippen molar-refractivity contribution in [1.82, 2.24) is 9.80 Å². The fourth-order valence-corrected chi connectivity index (χ4v) is 4.23. The average Bonchev–Trinajstić information content (AvgIpc) is 2.71. The molecule has 4 aliphatic heterocycles. The molecule has 4 bridgehead atoms. The first-order valence-corrected chi connectivity index (χ1v) is 7.39. The Hall–Kier alpha value is -1.06. The lowest BCUT2D eigenvalue weighted by molar-refractivity contribution is 0.0422. The second-order valence-electron chi connectivity index (χ2n) is 6.00. The number of benzene rings is 1. The van der Waals surface area contributed by atoms with E-state index in [0.717, 1.165) is 24.6 Å². The zero-order valence-electron chi connectivity index (χ0n) is 10.8. The lowest BCUT2D eigenvalue weighted by atomic mass is 9.80. The van der Waals surface area contributed by atoms with Crippen molar-refractivity contribution in [2.75, 3.05) is 26.2 Å². The smallest absolute Gasteiger partial charge is 0.254 e. The molecule has 0 radical (unpaired) electrons. The molecule has 4 atom stereocenters. The van der Waals surface area contributed by atoms with E-state index >= 15 is 0 Å². The first kappa shape index (κ1) is 11.7. The van der Waals surface area contributed by atoms with Crippen LogP contribution in [0.2, 0.25) is 5.02 Å². The molecule has 5 rings (SSSR count). The average molecular weight is 277 g/mol. The molecule has 4 aliphatic rings. The van der Waals surface area contributed by atoms with Crippen molar-refractivity contribution >= 4 is 17.5 Å². The molecule has 1 aromatic rings. The minimum absolute atomic E-state index is 0.179. The quantitative estimate of drug-likeness (QED) is 0.784. The van der Waals surface area contributed by atoms with Gasteiger partial charge in [-0.25, -0.2) is 0 Å². The number of carbonyl (C=O) groups is 1. The predicted molar refractivity (Wildman–Crippen MR) is 74.3 cm³/mol. The molecule has 19 heavy (non-hydrogen) atoms. The monoisotopic (exact) mass is 276 g/mol. The number of piperidine rings is 3. The largest absolute Gasteiger partial charge is 0.334 e. The Kier molecular flexibility index (Phi) is 2.61. The van der Waals surface area contributed by atoms with Gasteiger partial charge in [0.15, 0.2) is 0 Å². The van der Waals surface area contributed by atoms with E-state index in [-0.39, 0.29) is 5.91 Å². The minimum atomic E-state index is 0.179. The summed E-state index contributed by atoms with van der Waals surface area (Å²) in [6.45, 7) is 4.42. The second kappa shape index (κ2) is 4.22. The van der Waals surface area contributed by atoms with Crippen molar-refractivity contribution in [2.45, 2.75) is 12.5 Å². The van der Waals surface area contributed by atoms with Crippen LogP contribution < -0.4 is 0 Å².